The first-order valence-electron chi connectivity index (χ1n) is 13.4. The molecule has 2 heterocycles. The lowest BCUT2D eigenvalue weighted by Gasteiger charge is -2.37. The van der Waals surface area contributed by atoms with E-state index in [4.69, 9.17) is 19.7 Å². The van der Waals surface area contributed by atoms with Crippen LogP contribution in [0.25, 0.3) is 0 Å². The van der Waals surface area contributed by atoms with Gasteiger partial charge in [0, 0.05) is 36.3 Å². The zero-order valence-corrected chi connectivity index (χ0v) is 23.7. The van der Waals surface area contributed by atoms with Crippen molar-refractivity contribution in [1.82, 2.24) is 9.55 Å². The molecule has 0 spiro atoms. The zero-order valence-electron chi connectivity index (χ0n) is 22.9. The molecule has 1 fully saturated rings. The lowest BCUT2D eigenvalue weighted by molar-refractivity contribution is -0.0503. The van der Waals surface area contributed by atoms with Crippen molar-refractivity contribution in [2.24, 2.45) is 5.92 Å². The summed E-state index contributed by atoms with van der Waals surface area (Å²) in [4.78, 5) is 26.5. The maximum absolute atomic E-state index is 12.6. The molecule has 1 N–H and O–H groups in total. The van der Waals surface area contributed by atoms with Crippen molar-refractivity contribution in [3.05, 3.63) is 135 Å². The molecule has 0 amide bonds. The molecule has 1 aliphatic rings. The van der Waals surface area contributed by atoms with Gasteiger partial charge >= 0.3 is 5.69 Å². The highest BCUT2D eigenvalue weighted by molar-refractivity contribution is 8.40. The number of rotatable bonds is 12. The van der Waals surface area contributed by atoms with E-state index in [0.717, 1.165) is 34.1 Å². The molecule has 3 aromatic carbocycles. The molecule has 10 heteroatoms. The Kier molecular flexibility index (Phi) is 8.76. The molecule has 5 rings (SSSR count). The van der Waals surface area contributed by atoms with Crippen LogP contribution < -0.4 is 16.0 Å². The highest BCUT2D eigenvalue weighted by atomic mass is 32.7. The third-order valence-corrected chi connectivity index (χ3v) is 7.79. The summed E-state index contributed by atoms with van der Waals surface area (Å²) in [7, 11) is 1.46. The van der Waals surface area contributed by atoms with Crippen molar-refractivity contribution in [3.8, 4) is 5.75 Å². The third kappa shape index (κ3) is 5.94. The van der Waals surface area contributed by atoms with Crippen LogP contribution in [0.5, 0.6) is 5.75 Å². The summed E-state index contributed by atoms with van der Waals surface area (Å²) in [6.45, 7) is 0.512. The molecule has 1 saturated heterocycles. The van der Waals surface area contributed by atoms with Gasteiger partial charge in [-0.2, -0.15) is 0 Å². The molecule has 0 saturated carbocycles. The van der Waals surface area contributed by atoms with E-state index in [1.807, 2.05) is 60.7 Å². The Morgan fingerprint density at radius 2 is 1.62 bits per heavy atom. The first-order valence-corrected chi connectivity index (χ1v) is 14.8. The minimum absolute atomic E-state index is 0.154. The van der Waals surface area contributed by atoms with Gasteiger partial charge in [0.1, 0.15) is 17.6 Å². The smallest absolute Gasteiger partial charge is 0.330 e. The van der Waals surface area contributed by atoms with Crippen LogP contribution in [0.1, 0.15) is 29.3 Å². The quantitative estimate of drug-likeness (QED) is 0.110. The zero-order chi connectivity index (χ0) is 28.7. The van der Waals surface area contributed by atoms with E-state index in [1.165, 1.54) is 16.8 Å². The lowest BCUT2D eigenvalue weighted by Crippen LogP contribution is -2.36. The van der Waals surface area contributed by atoms with E-state index in [1.54, 1.807) is 7.11 Å². The number of nitrogens with zero attached hydrogens (tertiary/aromatic N) is 1. The fraction of sp³-hybridized carbons (Fsp3) is 0.267. The van der Waals surface area contributed by atoms with E-state index in [9.17, 15) is 9.59 Å². The SMILES string of the molecule is [3H]PSOC[C@H]1O[C@@H](n2ccc(=O)[nH]c2=O)C[C@@H]1COC(c1ccccc1)(c1ccccc1)c1ccc(OC)cc1. The molecule has 1 aromatic heterocycles. The summed E-state index contributed by atoms with van der Waals surface area (Å²) < 4.78 is 33.2. The van der Waals surface area contributed by atoms with Crippen LogP contribution in [0.2, 0.25) is 0 Å². The van der Waals surface area contributed by atoms with E-state index in [-0.39, 0.29) is 27.5 Å². The summed E-state index contributed by atoms with van der Waals surface area (Å²) in [5.41, 5.74) is 0.898. The summed E-state index contributed by atoms with van der Waals surface area (Å²) >= 11 is 1.06. The Labute approximate surface area is 240 Å². The van der Waals surface area contributed by atoms with Crippen molar-refractivity contribution in [1.29, 1.82) is 1.28 Å². The molecule has 4 atom stereocenters. The maximum atomic E-state index is 12.6. The summed E-state index contributed by atoms with van der Waals surface area (Å²) in [5.74, 6) is 0.588. The van der Waals surface area contributed by atoms with Crippen LogP contribution in [0.4, 0.5) is 0 Å². The normalized spacial score (nSPS) is 19.6. The number of benzene rings is 3. The van der Waals surface area contributed by atoms with Gasteiger partial charge in [-0.05, 0) is 37.2 Å². The predicted octanol–water partition coefficient (Wildman–Crippen LogP) is 4.91. The fourth-order valence-electron chi connectivity index (χ4n) is 5.22. The minimum atomic E-state index is -0.954. The molecule has 40 heavy (non-hydrogen) atoms. The number of aromatic amines is 1. The van der Waals surface area contributed by atoms with E-state index >= 15 is 0 Å². The monoisotopic (exact) mass is 580 g/mol. The largest absolute Gasteiger partial charge is 0.497 e. The number of nitrogens with one attached hydrogen (secondary N) is 1. The Balaban J connectivity index is 1.53. The topological polar surface area (TPSA) is 91.8 Å². The number of H-pyrrole nitrogens is 1. The Morgan fingerprint density at radius 3 is 2.23 bits per heavy atom. The van der Waals surface area contributed by atoms with Crippen molar-refractivity contribution in [2.75, 3.05) is 20.3 Å². The van der Waals surface area contributed by atoms with Crippen molar-refractivity contribution in [3.63, 3.8) is 0 Å². The molecule has 0 radical (unpaired) electrons. The highest BCUT2D eigenvalue weighted by Crippen LogP contribution is 2.43. The fourth-order valence-corrected chi connectivity index (χ4v) is 5.62. The van der Waals surface area contributed by atoms with E-state index in [2.05, 4.69) is 29.2 Å². The number of aromatic nitrogens is 2. The van der Waals surface area contributed by atoms with Crippen LogP contribution in [0, 0.1) is 5.92 Å². The second-order valence-corrected chi connectivity index (χ2v) is 10.4. The molecule has 1 aliphatic heterocycles. The number of ether oxygens (including phenoxy) is 3. The number of methoxy groups -OCH3 is 1. The molecular formula is C30H31N2O6PS. The average molecular weight is 581 g/mol. The molecule has 208 valence electrons. The average Bonchev–Trinajstić information content (AvgIpc) is 3.41. The van der Waals surface area contributed by atoms with E-state index in [0.29, 0.717) is 6.42 Å². The first-order chi connectivity index (χ1) is 20.0. The number of hydrogen-bond donors (Lipinski definition) is 1. The molecule has 0 aliphatic carbocycles. The van der Waals surface area contributed by atoms with Gasteiger partial charge in [-0.15, -0.1) is 0 Å². The van der Waals surface area contributed by atoms with Gasteiger partial charge in [-0.1, -0.05) is 72.8 Å². The number of hydrogen-bond acceptors (Lipinski definition) is 7. The third-order valence-electron chi connectivity index (χ3n) is 7.19. The van der Waals surface area contributed by atoms with Gasteiger partial charge < -0.3 is 18.4 Å². The van der Waals surface area contributed by atoms with Crippen molar-refractivity contribution >= 4 is 20.0 Å². The molecule has 4 aromatic rings. The summed E-state index contributed by atoms with van der Waals surface area (Å²) in [6, 6.07) is 29.3. The van der Waals surface area contributed by atoms with Crippen LogP contribution in [0.15, 0.2) is 107 Å². The second kappa shape index (κ2) is 13.0. The van der Waals surface area contributed by atoms with Gasteiger partial charge in [0.15, 0.2) is 0 Å². The molecule has 1 unspecified atom stereocenters. The van der Waals surface area contributed by atoms with Crippen molar-refractivity contribution < 1.29 is 18.4 Å². The van der Waals surface area contributed by atoms with Gasteiger partial charge in [0.05, 0.1) is 27.7 Å². The summed E-state index contributed by atoms with van der Waals surface area (Å²) in [6.07, 6.45) is 0.912. The van der Waals surface area contributed by atoms with Gasteiger partial charge in [-0.25, -0.2) is 4.79 Å². The Hall–Kier alpha value is -3.20. The molecular weight excluding hydrogens is 547 g/mol. The lowest BCUT2D eigenvalue weighted by atomic mass is 9.80. The molecule has 0 bridgehead atoms. The van der Waals surface area contributed by atoms with E-state index < -0.39 is 29.2 Å². The van der Waals surface area contributed by atoms with Gasteiger partial charge in [-0.3, -0.25) is 14.3 Å². The van der Waals surface area contributed by atoms with Gasteiger partial charge in [0.2, 0.25) is 0 Å². The predicted molar refractivity (Wildman–Crippen MR) is 158 cm³/mol. The van der Waals surface area contributed by atoms with Gasteiger partial charge in [0.25, 0.3) is 5.56 Å². The van der Waals surface area contributed by atoms with Crippen LogP contribution in [-0.4, -0.2) is 37.3 Å². The van der Waals surface area contributed by atoms with Crippen LogP contribution >= 0.6 is 20.0 Å². The first kappa shape index (κ1) is 27.0. The second-order valence-electron chi connectivity index (χ2n) is 9.46. The highest BCUT2D eigenvalue weighted by Gasteiger charge is 2.42. The minimum Gasteiger partial charge on any atom is -0.497 e. The Bertz CT molecular complexity index is 1480. The molecule has 8 nitrogen and oxygen atoms in total. The van der Waals surface area contributed by atoms with Crippen LogP contribution in [0.3, 0.4) is 0 Å². The van der Waals surface area contributed by atoms with Crippen molar-refractivity contribution in [2.45, 2.75) is 24.4 Å². The standard InChI is InChI=1S/C30H31N2O6PS/c1-35-25-14-12-24(13-15-25)30(22-8-4-2-5-9-22,23-10-6-3-7-11-23)36-19-21-18-28(38-26(21)20-37-40-39)32-17-16-27(33)31-29(32)34/h2-17,21,26,28H,18-20,39H2,1H3,(H,31,33,34)/t21-,26-,28-/m1/s1/i39T/t21-,26-,28-,39?. The summed E-state index contributed by atoms with van der Waals surface area (Å²) in [5, 5.41) is 0. The van der Waals surface area contributed by atoms with Crippen LogP contribution in [-0.2, 0) is 19.3 Å². The maximum Gasteiger partial charge on any atom is 0.330 e. The Morgan fingerprint density at radius 1 is 0.975 bits per heavy atom.